The van der Waals surface area contributed by atoms with E-state index in [1.807, 2.05) is 18.2 Å². The van der Waals surface area contributed by atoms with Crippen LogP contribution >= 0.6 is 0 Å². The van der Waals surface area contributed by atoms with Gasteiger partial charge in [-0.2, -0.15) is 10.2 Å². The molecule has 1 N–H and O–H groups in total. The fourth-order valence-corrected chi connectivity index (χ4v) is 2.68. The van der Waals surface area contributed by atoms with Crippen LogP contribution < -0.4 is 5.32 Å². The van der Waals surface area contributed by atoms with Crippen molar-refractivity contribution in [1.29, 1.82) is 5.26 Å². The lowest BCUT2D eigenvalue weighted by Crippen LogP contribution is -2.15. The maximum absolute atomic E-state index is 12.3. The van der Waals surface area contributed by atoms with Gasteiger partial charge in [0.15, 0.2) is 11.2 Å². The molecule has 3 aromatic rings. The van der Waals surface area contributed by atoms with Crippen molar-refractivity contribution in [1.82, 2.24) is 9.97 Å². The number of nitrogens with zero attached hydrogens (tertiary/aromatic N) is 3. The van der Waals surface area contributed by atoms with E-state index in [1.54, 1.807) is 42.6 Å². The molecule has 1 unspecified atom stereocenters. The Morgan fingerprint density at radius 2 is 2.12 bits per heavy atom. The highest BCUT2D eigenvalue weighted by Gasteiger charge is 2.14. The van der Waals surface area contributed by atoms with Gasteiger partial charge in [-0.3, -0.25) is 4.79 Å². The van der Waals surface area contributed by atoms with Crippen LogP contribution in [0.4, 0.5) is 5.69 Å². The number of pyridine rings is 1. The molecule has 6 nitrogen and oxygen atoms in total. The summed E-state index contributed by atoms with van der Waals surface area (Å²) < 4.78 is 5.69. The first-order valence-corrected chi connectivity index (χ1v) is 8.14. The minimum absolute atomic E-state index is 0.156. The van der Waals surface area contributed by atoms with Gasteiger partial charge < -0.3 is 9.73 Å². The molecule has 2 aromatic heterocycles. The van der Waals surface area contributed by atoms with Crippen LogP contribution in [0.15, 0.2) is 70.8 Å². The molecule has 0 fully saturated rings. The van der Waals surface area contributed by atoms with Gasteiger partial charge in [0.25, 0.3) is 5.91 Å². The van der Waals surface area contributed by atoms with Crippen molar-refractivity contribution in [2.75, 3.05) is 5.32 Å². The standard InChI is InChI=1S/C20H14N4O2/c21-12-13-3-5-14(6-4-13)19(25)23-16-9-7-15(8-10-16)20-24-18-17(26-20)2-1-11-22-18/h1-3,5-11,13H,4H2,(H,23,25). The summed E-state index contributed by atoms with van der Waals surface area (Å²) >= 11 is 0. The van der Waals surface area contributed by atoms with Gasteiger partial charge in [-0.25, -0.2) is 4.98 Å². The number of aromatic nitrogens is 2. The second kappa shape index (κ2) is 6.65. The van der Waals surface area contributed by atoms with Crippen LogP contribution in [0.2, 0.25) is 0 Å². The maximum Gasteiger partial charge on any atom is 0.255 e. The predicted octanol–water partition coefficient (Wildman–Crippen LogP) is 3.85. The second-order valence-corrected chi connectivity index (χ2v) is 5.87. The molecule has 1 aliphatic carbocycles. The summed E-state index contributed by atoms with van der Waals surface area (Å²) in [4.78, 5) is 20.8. The number of carbonyl (C=O) groups excluding carboxylic acids is 1. The van der Waals surface area contributed by atoms with E-state index in [4.69, 9.17) is 9.68 Å². The number of oxazole rings is 1. The van der Waals surface area contributed by atoms with Gasteiger partial charge in [-0.05, 0) is 42.8 Å². The summed E-state index contributed by atoms with van der Waals surface area (Å²) in [5, 5.41) is 11.7. The van der Waals surface area contributed by atoms with Crippen molar-refractivity contribution in [3.63, 3.8) is 0 Å². The Morgan fingerprint density at radius 1 is 1.27 bits per heavy atom. The van der Waals surface area contributed by atoms with E-state index in [1.165, 1.54) is 0 Å². The first kappa shape index (κ1) is 15.8. The van der Waals surface area contributed by atoms with Gasteiger partial charge in [-0.15, -0.1) is 0 Å². The molecule has 26 heavy (non-hydrogen) atoms. The third-order valence-electron chi connectivity index (χ3n) is 4.08. The zero-order valence-electron chi connectivity index (χ0n) is 13.7. The Kier molecular flexibility index (Phi) is 4.04. The van der Waals surface area contributed by atoms with Gasteiger partial charge in [0.05, 0.1) is 12.0 Å². The van der Waals surface area contributed by atoms with Crippen molar-refractivity contribution in [2.45, 2.75) is 6.42 Å². The summed E-state index contributed by atoms with van der Waals surface area (Å²) in [5.74, 6) is 0.130. The molecule has 1 amide bonds. The van der Waals surface area contributed by atoms with Crippen LogP contribution in [-0.4, -0.2) is 15.9 Å². The number of allylic oxidation sites excluding steroid dienone is 2. The number of nitriles is 1. The van der Waals surface area contributed by atoms with Crippen molar-refractivity contribution < 1.29 is 9.21 Å². The van der Waals surface area contributed by atoms with E-state index < -0.39 is 0 Å². The number of carbonyl (C=O) groups is 1. The summed E-state index contributed by atoms with van der Waals surface area (Å²) in [7, 11) is 0. The highest BCUT2D eigenvalue weighted by atomic mass is 16.3. The Labute approximate surface area is 149 Å². The molecule has 0 bridgehead atoms. The minimum Gasteiger partial charge on any atom is -0.434 e. The van der Waals surface area contributed by atoms with Crippen LogP contribution in [0.5, 0.6) is 0 Å². The highest BCUT2D eigenvalue weighted by Crippen LogP contribution is 2.24. The SMILES string of the molecule is N#CC1C=CC(C(=O)Nc2ccc(-c3nc4ncccc4o3)cc2)=CC1. The lowest BCUT2D eigenvalue weighted by atomic mass is 9.97. The number of fused-ring (bicyclic) bond motifs is 1. The summed E-state index contributed by atoms with van der Waals surface area (Å²) in [6, 6.07) is 13.0. The molecule has 4 rings (SSSR count). The van der Waals surface area contributed by atoms with Crippen molar-refractivity contribution in [3.8, 4) is 17.5 Å². The number of amides is 1. The van der Waals surface area contributed by atoms with Crippen LogP contribution in [0, 0.1) is 17.2 Å². The molecule has 0 saturated heterocycles. The number of nitrogens with one attached hydrogen (secondary N) is 1. The summed E-state index contributed by atoms with van der Waals surface area (Å²) in [5.41, 5.74) is 3.23. The first-order chi connectivity index (χ1) is 12.7. The third-order valence-corrected chi connectivity index (χ3v) is 4.08. The number of hydrogen-bond donors (Lipinski definition) is 1. The molecule has 1 aromatic carbocycles. The molecule has 0 radical (unpaired) electrons. The molecule has 126 valence electrons. The normalized spacial score (nSPS) is 16.1. The van der Waals surface area contributed by atoms with Gasteiger partial charge in [-0.1, -0.05) is 18.2 Å². The molecule has 0 saturated carbocycles. The molecule has 1 aliphatic rings. The number of rotatable bonds is 3. The Hall–Kier alpha value is -3.72. The molecule has 0 spiro atoms. The topological polar surface area (TPSA) is 91.8 Å². The zero-order valence-corrected chi connectivity index (χ0v) is 13.7. The first-order valence-electron chi connectivity index (χ1n) is 8.14. The lowest BCUT2D eigenvalue weighted by Gasteiger charge is -2.11. The van der Waals surface area contributed by atoms with Crippen LogP contribution in [0.25, 0.3) is 22.7 Å². The van der Waals surface area contributed by atoms with Gasteiger partial charge in [0.1, 0.15) is 0 Å². The van der Waals surface area contributed by atoms with E-state index in [9.17, 15) is 4.79 Å². The lowest BCUT2D eigenvalue weighted by molar-refractivity contribution is -0.112. The quantitative estimate of drug-likeness (QED) is 0.780. The van der Waals surface area contributed by atoms with E-state index in [0.717, 1.165) is 5.56 Å². The predicted molar refractivity (Wildman–Crippen MR) is 96.8 cm³/mol. The van der Waals surface area contributed by atoms with Gasteiger partial charge in [0.2, 0.25) is 5.89 Å². The fraction of sp³-hybridized carbons (Fsp3) is 0.100. The van der Waals surface area contributed by atoms with E-state index in [0.29, 0.717) is 34.8 Å². The average molecular weight is 342 g/mol. The molecule has 0 aliphatic heterocycles. The van der Waals surface area contributed by atoms with Crippen LogP contribution in [-0.2, 0) is 4.79 Å². The van der Waals surface area contributed by atoms with Crippen LogP contribution in [0.3, 0.4) is 0 Å². The summed E-state index contributed by atoms with van der Waals surface area (Å²) in [6.45, 7) is 0. The molecular formula is C20H14N4O2. The van der Waals surface area contributed by atoms with E-state index in [-0.39, 0.29) is 11.8 Å². The third kappa shape index (κ3) is 3.10. The van der Waals surface area contributed by atoms with E-state index in [2.05, 4.69) is 21.4 Å². The van der Waals surface area contributed by atoms with Crippen molar-refractivity contribution in [2.24, 2.45) is 5.92 Å². The number of hydrogen-bond acceptors (Lipinski definition) is 5. The van der Waals surface area contributed by atoms with Gasteiger partial charge >= 0.3 is 0 Å². The molecular weight excluding hydrogens is 328 g/mol. The number of benzene rings is 1. The molecule has 1 atom stereocenters. The maximum atomic E-state index is 12.3. The van der Waals surface area contributed by atoms with Crippen molar-refractivity contribution >= 4 is 22.8 Å². The fourth-order valence-electron chi connectivity index (χ4n) is 2.68. The Balaban J connectivity index is 1.48. The van der Waals surface area contributed by atoms with Crippen LogP contribution in [0.1, 0.15) is 6.42 Å². The van der Waals surface area contributed by atoms with Gasteiger partial charge in [0, 0.05) is 23.0 Å². The number of anilines is 1. The smallest absolute Gasteiger partial charge is 0.255 e. The Morgan fingerprint density at radius 3 is 2.81 bits per heavy atom. The average Bonchev–Trinajstić information content (AvgIpc) is 3.13. The van der Waals surface area contributed by atoms with E-state index >= 15 is 0 Å². The minimum atomic E-state index is -0.198. The molecule has 2 heterocycles. The monoisotopic (exact) mass is 342 g/mol. The second-order valence-electron chi connectivity index (χ2n) is 5.87. The van der Waals surface area contributed by atoms with Crippen molar-refractivity contribution in [3.05, 3.63) is 66.4 Å². The summed E-state index contributed by atoms with van der Waals surface area (Å²) in [6.07, 6.45) is 7.44. The zero-order chi connectivity index (χ0) is 17.9. The Bertz CT molecular complexity index is 1040. The largest absolute Gasteiger partial charge is 0.434 e. The highest BCUT2D eigenvalue weighted by molar-refractivity contribution is 6.06. The molecule has 6 heteroatoms.